The van der Waals surface area contributed by atoms with Gasteiger partial charge in [-0.15, -0.1) is 0 Å². The predicted molar refractivity (Wildman–Crippen MR) is 78.9 cm³/mol. The summed E-state index contributed by atoms with van der Waals surface area (Å²) in [6.07, 6.45) is 0. The van der Waals surface area contributed by atoms with Crippen molar-refractivity contribution in [1.29, 1.82) is 0 Å². The van der Waals surface area contributed by atoms with Gasteiger partial charge in [-0.3, -0.25) is 14.9 Å². The number of rotatable bonds is 5. The number of halogens is 2. The highest BCUT2D eigenvalue weighted by molar-refractivity contribution is 6.04. The van der Waals surface area contributed by atoms with Crippen LogP contribution in [-0.4, -0.2) is 17.4 Å². The van der Waals surface area contributed by atoms with E-state index in [1.807, 2.05) is 0 Å². The molecule has 0 saturated carbocycles. The number of hydrogen-bond donors (Lipinski definition) is 1. The molecule has 120 valence electrons. The van der Waals surface area contributed by atoms with Gasteiger partial charge in [0.1, 0.15) is 5.75 Å². The lowest BCUT2D eigenvalue weighted by Gasteiger charge is -2.08. The fraction of sp³-hybridized carbons (Fsp3) is 0.133. The van der Waals surface area contributed by atoms with Crippen molar-refractivity contribution in [2.24, 2.45) is 0 Å². The Labute approximate surface area is 129 Å². The van der Waals surface area contributed by atoms with Crippen LogP contribution < -0.4 is 10.1 Å². The number of alkyl halides is 2. The van der Waals surface area contributed by atoms with Crippen LogP contribution in [0.4, 0.5) is 20.2 Å². The molecule has 0 atom stereocenters. The monoisotopic (exact) mass is 322 g/mol. The first-order valence-electron chi connectivity index (χ1n) is 6.48. The van der Waals surface area contributed by atoms with Crippen LogP contribution in [0.5, 0.6) is 5.75 Å². The topological polar surface area (TPSA) is 81.5 Å². The number of carbonyl (C=O) groups is 1. The summed E-state index contributed by atoms with van der Waals surface area (Å²) in [5.74, 6) is -0.745. The van der Waals surface area contributed by atoms with Crippen molar-refractivity contribution >= 4 is 17.3 Å². The van der Waals surface area contributed by atoms with Crippen molar-refractivity contribution in [1.82, 2.24) is 0 Å². The third-order valence-corrected chi connectivity index (χ3v) is 2.99. The molecule has 0 unspecified atom stereocenters. The molecule has 1 amide bonds. The number of hydrogen-bond acceptors (Lipinski definition) is 4. The number of nitro benzene ring substituents is 1. The molecule has 0 radical (unpaired) electrons. The minimum atomic E-state index is -2.99. The second-order valence-corrected chi connectivity index (χ2v) is 4.62. The Bertz CT molecular complexity index is 750. The molecule has 1 N–H and O–H groups in total. The van der Waals surface area contributed by atoms with Crippen LogP contribution in [0.1, 0.15) is 15.9 Å². The summed E-state index contributed by atoms with van der Waals surface area (Å²) in [5.41, 5.74) is 0.650. The summed E-state index contributed by atoms with van der Waals surface area (Å²) in [6, 6.07) is 9.50. The van der Waals surface area contributed by atoms with Gasteiger partial charge in [0.2, 0.25) is 0 Å². The van der Waals surface area contributed by atoms with Gasteiger partial charge in [-0.25, -0.2) is 0 Å². The number of nitro groups is 1. The molecule has 0 aliphatic heterocycles. The first-order chi connectivity index (χ1) is 10.9. The first kappa shape index (κ1) is 16.3. The summed E-state index contributed by atoms with van der Waals surface area (Å²) >= 11 is 0. The zero-order valence-corrected chi connectivity index (χ0v) is 12.0. The van der Waals surface area contributed by atoms with E-state index >= 15 is 0 Å². The molecule has 2 rings (SSSR count). The van der Waals surface area contributed by atoms with E-state index in [9.17, 15) is 23.7 Å². The molecule has 0 saturated heterocycles. The average Bonchev–Trinajstić information content (AvgIpc) is 2.48. The molecule has 0 bridgehead atoms. The third-order valence-electron chi connectivity index (χ3n) is 2.99. The number of nitrogens with zero attached hydrogens (tertiary/aromatic N) is 1. The van der Waals surface area contributed by atoms with E-state index in [0.29, 0.717) is 5.56 Å². The molecule has 6 nitrogen and oxygen atoms in total. The molecule has 0 aromatic heterocycles. The minimum absolute atomic E-state index is 0.0892. The van der Waals surface area contributed by atoms with Crippen LogP contribution in [0, 0.1) is 17.0 Å². The Balaban J connectivity index is 2.19. The lowest BCUT2D eigenvalue weighted by molar-refractivity contribution is -0.385. The molecule has 0 heterocycles. The Hall–Kier alpha value is -3.03. The van der Waals surface area contributed by atoms with Crippen LogP contribution in [0.25, 0.3) is 0 Å². The van der Waals surface area contributed by atoms with Crippen LogP contribution >= 0.6 is 0 Å². The largest absolute Gasteiger partial charge is 0.435 e. The van der Waals surface area contributed by atoms with Gasteiger partial charge in [0.15, 0.2) is 0 Å². The maximum atomic E-state index is 12.2. The quantitative estimate of drug-likeness (QED) is 0.671. The highest BCUT2D eigenvalue weighted by Crippen LogP contribution is 2.23. The average molecular weight is 322 g/mol. The SMILES string of the molecule is Cc1ccc(NC(=O)c2cccc(OC(F)F)c2)cc1[N+](=O)[O-]. The second-order valence-electron chi connectivity index (χ2n) is 4.62. The van der Waals surface area contributed by atoms with E-state index < -0.39 is 17.4 Å². The number of carbonyl (C=O) groups excluding carboxylic acids is 1. The molecule has 0 spiro atoms. The number of benzene rings is 2. The normalized spacial score (nSPS) is 10.4. The minimum Gasteiger partial charge on any atom is -0.435 e. The van der Waals surface area contributed by atoms with Crippen molar-refractivity contribution in [3.05, 3.63) is 63.7 Å². The summed E-state index contributed by atoms with van der Waals surface area (Å²) in [5, 5.41) is 13.4. The lowest BCUT2D eigenvalue weighted by atomic mass is 10.1. The van der Waals surface area contributed by atoms with E-state index in [4.69, 9.17) is 0 Å². The van der Waals surface area contributed by atoms with E-state index in [1.54, 1.807) is 6.92 Å². The summed E-state index contributed by atoms with van der Waals surface area (Å²) < 4.78 is 28.6. The zero-order valence-electron chi connectivity index (χ0n) is 12.0. The smallest absolute Gasteiger partial charge is 0.387 e. The van der Waals surface area contributed by atoms with Crippen LogP contribution in [0.3, 0.4) is 0 Å². The van der Waals surface area contributed by atoms with Crippen molar-refractivity contribution < 1.29 is 23.2 Å². The number of amides is 1. The Kier molecular flexibility index (Phi) is 4.85. The maximum absolute atomic E-state index is 12.2. The summed E-state index contributed by atoms with van der Waals surface area (Å²) in [4.78, 5) is 22.4. The van der Waals surface area contributed by atoms with Gasteiger partial charge in [0.25, 0.3) is 11.6 Å². The van der Waals surface area contributed by atoms with Crippen molar-refractivity contribution in [3.8, 4) is 5.75 Å². The number of aryl methyl sites for hydroxylation is 1. The van der Waals surface area contributed by atoms with Crippen molar-refractivity contribution in [2.45, 2.75) is 13.5 Å². The van der Waals surface area contributed by atoms with Gasteiger partial charge < -0.3 is 10.1 Å². The van der Waals surface area contributed by atoms with Crippen LogP contribution in [-0.2, 0) is 0 Å². The van der Waals surface area contributed by atoms with E-state index in [-0.39, 0.29) is 22.7 Å². The van der Waals surface area contributed by atoms with E-state index in [1.165, 1.54) is 36.4 Å². The molecular weight excluding hydrogens is 310 g/mol. The van der Waals surface area contributed by atoms with Crippen LogP contribution in [0.15, 0.2) is 42.5 Å². The van der Waals surface area contributed by atoms with Gasteiger partial charge in [0, 0.05) is 22.9 Å². The summed E-state index contributed by atoms with van der Waals surface area (Å²) in [6.45, 7) is -1.41. The fourth-order valence-electron chi connectivity index (χ4n) is 1.90. The molecule has 2 aromatic rings. The van der Waals surface area contributed by atoms with Gasteiger partial charge in [0.05, 0.1) is 4.92 Å². The molecular formula is C15H12F2N2O4. The first-order valence-corrected chi connectivity index (χ1v) is 6.48. The van der Waals surface area contributed by atoms with Gasteiger partial charge >= 0.3 is 6.61 Å². The Morgan fingerprint density at radius 3 is 2.65 bits per heavy atom. The highest BCUT2D eigenvalue weighted by atomic mass is 19.3. The Morgan fingerprint density at radius 2 is 2.00 bits per heavy atom. The fourth-order valence-corrected chi connectivity index (χ4v) is 1.90. The molecule has 0 fully saturated rings. The molecule has 23 heavy (non-hydrogen) atoms. The molecule has 0 aliphatic carbocycles. The number of ether oxygens (including phenoxy) is 1. The number of anilines is 1. The standard InChI is InChI=1S/C15H12F2N2O4/c1-9-5-6-11(8-13(9)19(21)22)18-14(20)10-3-2-4-12(7-10)23-15(16)17/h2-8,15H,1H3,(H,18,20). The maximum Gasteiger partial charge on any atom is 0.387 e. The van der Waals surface area contributed by atoms with Crippen LogP contribution in [0.2, 0.25) is 0 Å². The lowest BCUT2D eigenvalue weighted by Crippen LogP contribution is -2.12. The van der Waals surface area contributed by atoms with Gasteiger partial charge in [-0.05, 0) is 31.2 Å². The Morgan fingerprint density at radius 1 is 1.26 bits per heavy atom. The number of nitrogens with one attached hydrogen (secondary N) is 1. The summed E-state index contributed by atoms with van der Waals surface area (Å²) in [7, 11) is 0. The van der Waals surface area contributed by atoms with Gasteiger partial charge in [-0.2, -0.15) is 8.78 Å². The van der Waals surface area contributed by atoms with Gasteiger partial charge in [-0.1, -0.05) is 12.1 Å². The predicted octanol–water partition coefficient (Wildman–Crippen LogP) is 3.76. The van der Waals surface area contributed by atoms with E-state index in [2.05, 4.69) is 10.1 Å². The van der Waals surface area contributed by atoms with Crippen molar-refractivity contribution in [3.63, 3.8) is 0 Å². The zero-order chi connectivity index (χ0) is 17.0. The highest BCUT2D eigenvalue weighted by Gasteiger charge is 2.14. The molecule has 8 heteroatoms. The van der Waals surface area contributed by atoms with E-state index in [0.717, 1.165) is 6.07 Å². The second kappa shape index (κ2) is 6.82. The van der Waals surface area contributed by atoms with Crippen molar-refractivity contribution in [2.75, 3.05) is 5.32 Å². The third kappa shape index (κ3) is 4.22. The molecule has 0 aliphatic rings. The molecule has 2 aromatic carbocycles.